The van der Waals surface area contributed by atoms with E-state index in [0.29, 0.717) is 38.6 Å². The molecule has 31 heavy (non-hydrogen) atoms. The molecular weight excluding hydrogens is 398 g/mol. The number of fused-ring (bicyclic) bond motifs is 1. The Balaban J connectivity index is 1.67. The maximum Gasteiger partial charge on any atom is 0.246 e. The average molecular weight is 436 g/mol. The summed E-state index contributed by atoms with van der Waals surface area (Å²) in [6.07, 6.45) is 8.46. The highest BCUT2D eigenvalue weighted by atomic mass is 16.5. The van der Waals surface area contributed by atoms with Crippen LogP contribution in [-0.2, 0) is 19.1 Å². The van der Waals surface area contributed by atoms with E-state index in [1.54, 1.807) is 11.9 Å². The number of ether oxygens (including phenoxy) is 1. The van der Waals surface area contributed by atoms with Gasteiger partial charge in [0.25, 0.3) is 0 Å². The minimum absolute atomic E-state index is 0.0475. The Morgan fingerprint density at radius 3 is 2.55 bits per heavy atom. The largest absolute Gasteiger partial charge is 0.396 e. The number of hydrogen-bond donors (Lipinski definition) is 3. The summed E-state index contributed by atoms with van der Waals surface area (Å²) in [5.41, 5.74) is -1.62. The summed E-state index contributed by atoms with van der Waals surface area (Å²) in [4.78, 5) is 41.9. The fourth-order valence-corrected chi connectivity index (χ4v) is 6.73. The quantitative estimate of drug-likeness (QED) is 0.495. The van der Waals surface area contributed by atoms with Crippen LogP contribution in [0.3, 0.4) is 0 Å². The fourth-order valence-electron chi connectivity index (χ4n) is 6.73. The van der Waals surface area contributed by atoms with Gasteiger partial charge in [-0.25, -0.2) is 0 Å². The number of aliphatic hydroxyl groups excluding tert-OH is 1. The molecule has 3 amide bonds. The SMILES string of the molecule is CC[C@]12CCC3(O1)C(C(=O)NC1CCCCC1)N(CCCCO)C(=O)[C@@H]3[C@H]2C(=O)NC. The molecule has 8 heteroatoms. The van der Waals surface area contributed by atoms with E-state index in [4.69, 9.17) is 4.74 Å². The zero-order valence-electron chi connectivity index (χ0n) is 18.8. The standard InChI is InChI=1S/C23H37N3O5/c1-3-22-11-12-23(31-22)17(16(22)19(28)24-2)21(30)26(13-7-8-14-27)18(23)20(29)25-15-9-5-4-6-10-15/h15-18,27H,3-14H2,1-2H3,(H,24,28)(H,25,29)/t16-,17-,18?,22+,23?/m0/s1. The van der Waals surface area contributed by atoms with Crippen molar-refractivity contribution in [1.29, 1.82) is 0 Å². The van der Waals surface area contributed by atoms with Crippen LogP contribution in [0.15, 0.2) is 0 Å². The monoisotopic (exact) mass is 435 g/mol. The van der Waals surface area contributed by atoms with Gasteiger partial charge < -0.3 is 25.4 Å². The normalized spacial score (nSPS) is 37.2. The van der Waals surface area contributed by atoms with Crippen molar-refractivity contribution in [2.75, 3.05) is 20.2 Å². The number of carbonyl (C=O) groups is 3. The van der Waals surface area contributed by atoms with Gasteiger partial charge in [-0.3, -0.25) is 14.4 Å². The van der Waals surface area contributed by atoms with E-state index >= 15 is 0 Å². The van der Waals surface area contributed by atoms with Gasteiger partial charge in [-0.2, -0.15) is 0 Å². The number of unbranched alkanes of at least 4 members (excludes halogenated alkanes) is 1. The number of nitrogens with one attached hydrogen (secondary N) is 2. The lowest BCUT2D eigenvalue weighted by Crippen LogP contribution is -2.57. The maximum absolute atomic E-state index is 13.7. The number of nitrogens with zero attached hydrogens (tertiary/aromatic N) is 1. The zero-order chi connectivity index (χ0) is 22.2. The molecule has 3 N–H and O–H groups in total. The van der Waals surface area contributed by atoms with Crippen LogP contribution in [0.25, 0.3) is 0 Å². The van der Waals surface area contributed by atoms with Crippen molar-refractivity contribution in [3.8, 4) is 0 Å². The smallest absolute Gasteiger partial charge is 0.246 e. The molecule has 3 heterocycles. The molecule has 5 atom stereocenters. The fraction of sp³-hybridized carbons (Fsp3) is 0.870. The highest BCUT2D eigenvalue weighted by molar-refractivity contribution is 5.99. The van der Waals surface area contributed by atoms with E-state index in [1.165, 1.54) is 6.42 Å². The van der Waals surface area contributed by atoms with Crippen molar-refractivity contribution < 1.29 is 24.2 Å². The lowest BCUT2D eigenvalue weighted by molar-refractivity contribution is -0.148. The lowest BCUT2D eigenvalue weighted by atomic mass is 9.65. The van der Waals surface area contributed by atoms with E-state index in [2.05, 4.69) is 10.6 Å². The maximum atomic E-state index is 13.7. The number of amides is 3. The minimum atomic E-state index is -0.942. The van der Waals surface area contributed by atoms with Crippen LogP contribution in [0, 0.1) is 11.8 Å². The molecule has 0 aromatic carbocycles. The van der Waals surface area contributed by atoms with Crippen LogP contribution in [0.5, 0.6) is 0 Å². The van der Waals surface area contributed by atoms with E-state index in [9.17, 15) is 19.5 Å². The van der Waals surface area contributed by atoms with Crippen LogP contribution in [0.2, 0.25) is 0 Å². The second-order valence-electron chi connectivity index (χ2n) is 9.75. The molecule has 1 aliphatic carbocycles. The van der Waals surface area contributed by atoms with Gasteiger partial charge in [0, 0.05) is 26.2 Å². The van der Waals surface area contributed by atoms with Crippen molar-refractivity contribution in [2.45, 2.75) is 94.4 Å². The molecule has 4 aliphatic rings. The van der Waals surface area contributed by atoms with Crippen molar-refractivity contribution in [1.82, 2.24) is 15.5 Å². The summed E-state index contributed by atoms with van der Waals surface area (Å²) in [5, 5.41) is 15.2. The molecule has 4 fully saturated rings. The third-order valence-corrected chi connectivity index (χ3v) is 8.22. The molecule has 8 nitrogen and oxygen atoms in total. The second-order valence-corrected chi connectivity index (χ2v) is 9.75. The van der Waals surface area contributed by atoms with Gasteiger partial charge in [-0.15, -0.1) is 0 Å². The first-order chi connectivity index (χ1) is 14.9. The predicted molar refractivity (Wildman–Crippen MR) is 114 cm³/mol. The molecule has 2 unspecified atom stereocenters. The van der Waals surface area contributed by atoms with Gasteiger partial charge in [-0.1, -0.05) is 26.2 Å². The molecule has 0 aromatic heterocycles. The molecule has 1 saturated carbocycles. The Hall–Kier alpha value is -1.67. The van der Waals surface area contributed by atoms with Crippen LogP contribution in [-0.4, -0.2) is 71.2 Å². The third-order valence-electron chi connectivity index (χ3n) is 8.22. The topological polar surface area (TPSA) is 108 Å². The Morgan fingerprint density at radius 2 is 1.90 bits per heavy atom. The van der Waals surface area contributed by atoms with Crippen molar-refractivity contribution in [3.63, 3.8) is 0 Å². The van der Waals surface area contributed by atoms with Crippen LogP contribution >= 0.6 is 0 Å². The van der Waals surface area contributed by atoms with Gasteiger partial charge in [0.05, 0.1) is 17.4 Å². The van der Waals surface area contributed by atoms with Crippen LogP contribution in [0.4, 0.5) is 0 Å². The zero-order valence-corrected chi connectivity index (χ0v) is 18.8. The number of likely N-dealkylation sites (tertiary alicyclic amines) is 1. The Kier molecular flexibility index (Phi) is 6.32. The molecule has 174 valence electrons. The number of hydrogen-bond acceptors (Lipinski definition) is 5. The van der Waals surface area contributed by atoms with Crippen molar-refractivity contribution in [3.05, 3.63) is 0 Å². The Labute approximate surface area is 184 Å². The van der Waals surface area contributed by atoms with Crippen LogP contribution < -0.4 is 10.6 Å². The summed E-state index contributed by atoms with van der Waals surface area (Å²) >= 11 is 0. The number of aliphatic hydroxyl groups is 1. The van der Waals surface area contributed by atoms with E-state index in [0.717, 1.165) is 25.7 Å². The third kappa shape index (κ3) is 3.46. The van der Waals surface area contributed by atoms with Crippen LogP contribution in [0.1, 0.15) is 71.1 Å². The molecule has 2 bridgehead atoms. The first-order valence-electron chi connectivity index (χ1n) is 12.1. The molecule has 3 aliphatic heterocycles. The summed E-state index contributed by atoms with van der Waals surface area (Å²) in [6, 6.07) is -0.576. The number of rotatable bonds is 8. The summed E-state index contributed by atoms with van der Waals surface area (Å²) in [5.74, 6) is -1.67. The molecule has 1 spiro atoms. The van der Waals surface area contributed by atoms with Crippen molar-refractivity contribution >= 4 is 17.7 Å². The van der Waals surface area contributed by atoms with Crippen molar-refractivity contribution in [2.24, 2.45) is 11.8 Å². The summed E-state index contributed by atoms with van der Waals surface area (Å²) < 4.78 is 6.65. The van der Waals surface area contributed by atoms with Gasteiger partial charge in [0.1, 0.15) is 11.6 Å². The van der Waals surface area contributed by atoms with Gasteiger partial charge in [0.2, 0.25) is 17.7 Å². The minimum Gasteiger partial charge on any atom is -0.396 e. The van der Waals surface area contributed by atoms with Gasteiger partial charge in [-0.05, 0) is 44.9 Å². The number of carbonyl (C=O) groups excluding carboxylic acids is 3. The molecule has 4 rings (SSSR count). The molecular formula is C23H37N3O5. The highest BCUT2D eigenvalue weighted by Gasteiger charge is 2.78. The summed E-state index contributed by atoms with van der Waals surface area (Å²) in [7, 11) is 1.59. The van der Waals surface area contributed by atoms with Gasteiger partial charge in [0.15, 0.2) is 0 Å². The first-order valence-corrected chi connectivity index (χ1v) is 12.1. The predicted octanol–water partition coefficient (Wildman–Crippen LogP) is 1.11. The molecule has 0 radical (unpaired) electrons. The van der Waals surface area contributed by atoms with E-state index in [-0.39, 0.29) is 30.4 Å². The Morgan fingerprint density at radius 1 is 1.16 bits per heavy atom. The average Bonchev–Trinajstić information content (AvgIpc) is 3.38. The first kappa shape index (κ1) is 22.5. The lowest BCUT2D eigenvalue weighted by Gasteiger charge is -2.35. The Bertz CT molecular complexity index is 724. The van der Waals surface area contributed by atoms with E-state index in [1.807, 2.05) is 6.92 Å². The second kappa shape index (κ2) is 8.70. The molecule has 0 aromatic rings. The van der Waals surface area contributed by atoms with E-state index < -0.39 is 29.1 Å². The molecule has 3 saturated heterocycles. The highest BCUT2D eigenvalue weighted by Crippen LogP contribution is 2.64. The van der Waals surface area contributed by atoms with Gasteiger partial charge >= 0.3 is 0 Å². The summed E-state index contributed by atoms with van der Waals surface area (Å²) in [6.45, 7) is 2.44.